The summed E-state index contributed by atoms with van der Waals surface area (Å²) in [5.74, 6) is 1.45. The van der Waals surface area contributed by atoms with E-state index in [-0.39, 0.29) is 5.91 Å². The van der Waals surface area contributed by atoms with Crippen LogP contribution in [0.2, 0.25) is 0 Å². The predicted octanol–water partition coefficient (Wildman–Crippen LogP) is 1.33. The minimum atomic E-state index is -0.378. The summed E-state index contributed by atoms with van der Waals surface area (Å²) in [6.45, 7) is 2.76. The van der Waals surface area contributed by atoms with Crippen molar-refractivity contribution in [3.8, 4) is 0 Å². The van der Waals surface area contributed by atoms with Gasteiger partial charge in [0.15, 0.2) is 0 Å². The van der Waals surface area contributed by atoms with E-state index in [1.807, 2.05) is 24.4 Å². The highest BCUT2D eigenvalue weighted by Gasteiger charge is 2.18. The molecule has 1 aliphatic rings. The minimum absolute atomic E-state index is 0.378. The minimum Gasteiger partial charge on any atom is -0.366 e. The van der Waals surface area contributed by atoms with Crippen LogP contribution in [0.1, 0.15) is 28.2 Å². The first kappa shape index (κ1) is 13.8. The molecule has 3 N–H and O–H groups in total. The molecule has 3 rings (SSSR count). The van der Waals surface area contributed by atoms with E-state index in [2.05, 4.69) is 21.1 Å². The van der Waals surface area contributed by atoms with Gasteiger partial charge >= 0.3 is 0 Å². The molecule has 0 unspecified atom stereocenters. The fourth-order valence-corrected chi connectivity index (χ4v) is 2.86. The normalized spacial score (nSPS) is 17.4. The van der Waals surface area contributed by atoms with Crippen LogP contribution in [0.15, 0.2) is 36.7 Å². The van der Waals surface area contributed by atoms with Crippen molar-refractivity contribution in [1.29, 1.82) is 0 Å². The van der Waals surface area contributed by atoms with Crippen LogP contribution in [-0.2, 0) is 19.5 Å². The molecule has 0 spiro atoms. The highest BCUT2D eigenvalue weighted by Crippen LogP contribution is 2.18. The van der Waals surface area contributed by atoms with E-state index in [4.69, 9.17) is 5.73 Å². The van der Waals surface area contributed by atoms with E-state index >= 15 is 0 Å². The third-order valence-electron chi connectivity index (χ3n) is 4.01. The number of nitrogens with two attached hydrogens (primary N) is 1. The number of primary amides is 1. The molecule has 1 amide bonds. The number of aromatic nitrogens is 2. The van der Waals surface area contributed by atoms with Gasteiger partial charge in [-0.05, 0) is 36.6 Å². The molecular weight excluding hydrogens is 264 g/mol. The van der Waals surface area contributed by atoms with Crippen molar-refractivity contribution in [2.75, 3.05) is 6.54 Å². The largest absolute Gasteiger partial charge is 0.366 e. The van der Waals surface area contributed by atoms with E-state index in [1.165, 1.54) is 12.2 Å². The number of nitrogens with zero attached hydrogens (tertiary/aromatic N) is 2. The molecule has 2 aromatic rings. The second-order valence-corrected chi connectivity index (χ2v) is 5.60. The van der Waals surface area contributed by atoms with Gasteiger partial charge in [0.1, 0.15) is 5.82 Å². The standard InChI is InChI=1S/C16H20N4O/c17-16(21)14-3-1-2-12(8-14)9-18-10-13-4-5-15-19-6-7-20(15)11-13/h1-3,6-8,13,18H,4-5,9-11H2,(H2,17,21)/t13-/m1/s1. The van der Waals surface area contributed by atoms with Gasteiger partial charge in [-0.3, -0.25) is 4.79 Å². The third kappa shape index (κ3) is 3.31. The van der Waals surface area contributed by atoms with Crippen molar-refractivity contribution >= 4 is 5.91 Å². The molecule has 2 heterocycles. The van der Waals surface area contributed by atoms with E-state index in [0.717, 1.165) is 31.6 Å². The maximum atomic E-state index is 11.2. The van der Waals surface area contributed by atoms with Crippen LogP contribution in [0.3, 0.4) is 0 Å². The van der Waals surface area contributed by atoms with E-state index in [9.17, 15) is 4.79 Å². The Morgan fingerprint density at radius 1 is 1.48 bits per heavy atom. The van der Waals surface area contributed by atoms with Crippen molar-refractivity contribution in [1.82, 2.24) is 14.9 Å². The molecule has 1 aromatic carbocycles. The first-order valence-corrected chi connectivity index (χ1v) is 7.32. The van der Waals surface area contributed by atoms with Crippen LogP contribution >= 0.6 is 0 Å². The Morgan fingerprint density at radius 2 is 2.38 bits per heavy atom. The highest BCUT2D eigenvalue weighted by atomic mass is 16.1. The Hall–Kier alpha value is -2.14. The van der Waals surface area contributed by atoms with Crippen LogP contribution in [0, 0.1) is 5.92 Å². The fraction of sp³-hybridized carbons (Fsp3) is 0.375. The zero-order valence-corrected chi connectivity index (χ0v) is 12.0. The van der Waals surface area contributed by atoms with Gasteiger partial charge in [-0.2, -0.15) is 0 Å². The Morgan fingerprint density at radius 3 is 3.24 bits per heavy atom. The Labute approximate surface area is 124 Å². The molecule has 0 saturated carbocycles. The van der Waals surface area contributed by atoms with Gasteiger partial charge in [0.25, 0.3) is 0 Å². The molecule has 5 nitrogen and oxygen atoms in total. The summed E-state index contributed by atoms with van der Waals surface area (Å²) in [5, 5.41) is 3.47. The molecule has 0 radical (unpaired) electrons. The fourth-order valence-electron chi connectivity index (χ4n) is 2.86. The number of fused-ring (bicyclic) bond motifs is 1. The second-order valence-electron chi connectivity index (χ2n) is 5.60. The van der Waals surface area contributed by atoms with E-state index in [1.54, 1.807) is 6.07 Å². The lowest BCUT2D eigenvalue weighted by atomic mass is 9.99. The SMILES string of the molecule is NC(=O)c1cccc(CNC[C@H]2CCc3nccn3C2)c1. The molecule has 5 heteroatoms. The summed E-state index contributed by atoms with van der Waals surface area (Å²) >= 11 is 0. The number of carbonyl (C=O) groups is 1. The van der Waals surface area contributed by atoms with Crippen LogP contribution in [0.4, 0.5) is 0 Å². The van der Waals surface area contributed by atoms with Gasteiger partial charge in [-0.25, -0.2) is 4.98 Å². The topological polar surface area (TPSA) is 72.9 Å². The Kier molecular flexibility index (Phi) is 4.01. The number of imidazole rings is 1. The second kappa shape index (κ2) is 6.10. The van der Waals surface area contributed by atoms with E-state index in [0.29, 0.717) is 11.5 Å². The smallest absolute Gasteiger partial charge is 0.248 e. The first-order chi connectivity index (χ1) is 10.2. The number of hydrogen-bond acceptors (Lipinski definition) is 3. The van der Waals surface area contributed by atoms with Crippen molar-refractivity contribution < 1.29 is 4.79 Å². The average molecular weight is 284 g/mol. The number of amides is 1. The first-order valence-electron chi connectivity index (χ1n) is 7.32. The van der Waals surface area contributed by atoms with Gasteiger partial charge in [0, 0.05) is 37.5 Å². The number of carbonyl (C=O) groups excluding carboxylic acids is 1. The summed E-state index contributed by atoms with van der Waals surface area (Å²) in [6, 6.07) is 7.47. The lowest BCUT2D eigenvalue weighted by Crippen LogP contribution is -2.29. The summed E-state index contributed by atoms with van der Waals surface area (Å²) in [4.78, 5) is 15.5. The quantitative estimate of drug-likeness (QED) is 0.870. The maximum absolute atomic E-state index is 11.2. The van der Waals surface area contributed by atoms with Gasteiger partial charge in [0.2, 0.25) is 5.91 Å². The van der Waals surface area contributed by atoms with Crippen LogP contribution in [0.5, 0.6) is 0 Å². The maximum Gasteiger partial charge on any atom is 0.248 e. The Balaban J connectivity index is 1.51. The predicted molar refractivity (Wildman–Crippen MR) is 80.7 cm³/mol. The molecule has 110 valence electrons. The van der Waals surface area contributed by atoms with Gasteiger partial charge < -0.3 is 15.6 Å². The average Bonchev–Trinajstić information content (AvgIpc) is 2.95. The van der Waals surface area contributed by atoms with Crippen molar-refractivity contribution in [2.45, 2.75) is 25.9 Å². The molecular formula is C16H20N4O. The van der Waals surface area contributed by atoms with Crippen molar-refractivity contribution in [3.05, 3.63) is 53.6 Å². The molecule has 1 aliphatic heterocycles. The summed E-state index contributed by atoms with van der Waals surface area (Å²) in [7, 11) is 0. The van der Waals surface area contributed by atoms with Crippen LogP contribution < -0.4 is 11.1 Å². The lowest BCUT2D eigenvalue weighted by Gasteiger charge is -2.24. The molecule has 0 bridgehead atoms. The van der Waals surface area contributed by atoms with Gasteiger partial charge in [-0.15, -0.1) is 0 Å². The van der Waals surface area contributed by atoms with Crippen molar-refractivity contribution in [3.63, 3.8) is 0 Å². The number of aryl methyl sites for hydroxylation is 1. The van der Waals surface area contributed by atoms with Gasteiger partial charge in [-0.1, -0.05) is 12.1 Å². The third-order valence-corrected chi connectivity index (χ3v) is 4.01. The summed E-state index contributed by atoms with van der Waals surface area (Å²) in [6.07, 6.45) is 6.15. The molecule has 1 aromatic heterocycles. The molecule has 1 atom stereocenters. The number of rotatable bonds is 5. The highest BCUT2D eigenvalue weighted by molar-refractivity contribution is 5.92. The number of hydrogen-bond donors (Lipinski definition) is 2. The molecule has 0 saturated heterocycles. The monoisotopic (exact) mass is 284 g/mol. The summed E-state index contributed by atoms with van der Waals surface area (Å²) < 4.78 is 2.24. The van der Waals surface area contributed by atoms with Crippen LogP contribution in [-0.4, -0.2) is 22.0 Å². The summed E-state index contributed by atoms with van der Waals surface area (Å²) in [5.41, 5.74) is 6.95. The van der Waals surface area contributed by atoms with E-state index < -0.39 is 0 Å². The zero-order chi connectivity index (χ0) is 14.7. The number of benzene rings is 1. The zero-order valence-electron chi connectivity index (χ0n) is 12.0. The Bertz CT molecular complexity index is 635. The number of nitrogens with one attached hydrogen (secondary N) is 1. The molecule has 21 heavy (non-hydrogen) atoms. The van der Waals surface area contributed by atoms with Gasteiger partial charge in [0.05, 0.1) is 0 Å². The molecule has 0 fully saturated rings. The van der Waals surface area contributed by atoms with Crippen LogP contribution in [0.25, 0.3) is 0 Å². The lowest BCUT2D eigenvalue weighted by molar-refractivity contribution is 0.1000. The molecule has 0 aliphatic carbocycles. The van der Waals surface area contributed by atoms with Crippen molar-refractivity contribution in [2.24, 2.45) is 11.7 Å².